The number of aromatic hydroxyl groups is 2. The molecule has 0 heterocycles. The highest BCUT2D eigenvalue weighted by molar-refractivity contribution is 5.98. The van der Waals surface area contributed by atoms with E-state index in [1.807, 2.05) is 0 Å². The van der Waals surface area contributed by atoms with Crippen molar-refractivity contribution in [2.24, 2.45) is 17.4 Å². The Morgan fingerprint density at radius 1 is 0.432 bits per heavy atom. The lowest BCUT2D eigenvalue weighted by atomic mass is 9.98. The van der Waals surface area contributed by atoms with Crippen LogP contribution in [0.4, 0.5) is 0 Å². The molecule has 0 aliphatic rings. The van der Waals surface area contributed by atoms with Crippen LogP contribution in [0.5, 0.6) is 11.5 Å². The number of aliphatic hydroxyl groups is 2. The molecule has 4 rings (SSSR count). The molecule has 0 saturated heterocycles. The monoisotopic (exact) mass is 1130 g/mol. The summed E-state index contributed by atoms with van der Waals surface area (Å²) in [5.74, 6) is -11.6. The Morgan fingerprint density at radius 2 is 0.802 bits per heavy atom. The Hall–Kier alpha value is -8.98. The van der Waals surface area contributed by atoms with Gasteiger partial charge >= 0.3 is 17.9 Å². The molecule has 0 aromatic heterocycles. The Morgan fingerprint density at radius 3 is 1.23 bits per heavy atom. The zero-order chi connectivity index (χ0) is 60.1. The smallest absolute Gasteiger partial charge is 0.326 e. The maximum absolute atomic E-state index is 14.1. The number of phenolic OH excluding ortho intramolecular Hbond substituents is 2. The van der Waals surface area contributed by atoms with E-state index in [4.69, 9.17) is 11.5 Å². The summed E-state index contributed by atoms with van der Waals surface area (Å²) < 4.78 is 0. The van der Waals surface area contributed by atoms with E-state index in [0.717, 1.165) is 11.1 Å². The fourth-order valence-corrected chi connectivity index (χ4v) is 8.02. The lowest BCUT2D eigenvalue weighted by Crippen LogP contribution is -2.61. The molecule has 0 saturated carbocycles. The first kappa shape index (κ1) is 64.5. The number of rotatable bonds is 31. The van der Waals surface area contributed by atoms with Crippen molar-refractivity contribution < 1.29 is 83.7 Å². The first-order chi connectivity index (χ1) is 38.3. The molecule has 26 nitrogen and oxygen atoms in total. The number of carboxylic acids is 3. The summed E-state index contributed by atoms with van der Waals surface area (Å²) in [4.78, 5) is 130. The van der Waals surface area contributed by atoms with Gasteiger partial charge in [-0.3, -0.25) is 43.2 Å². The van der Waals surface area contributed by atoms with Crippen LogP contribution in [0.2, 0.25) is 0 Å². The molecular weight excluding hydrogens is 1060 g/mol. The minimum atomic E-state index is -1.86. The maximum atomic E-state index is 14.1. The number of hydrogen-bond donors (Lipinski definition) is 16. The van der Waals surface area contributed by atoms with E-state index in [1.165, 1.54) is 55.5 Å². The Labute approximate surface area is 465 Å². The van der Waals surface area contributed by atoms with Crippen LogP contribution in [0.15, 0.2) is 97.1 Å². The molecule has 4 aromatic carbocycles. The van der Waals surface area contributed by atoms with E-state index >= 15 is 0 Å². The predicted molar refractivity (Wildman–Crippen MR) is 289 cm³/mol. The molecule has 0 aliphatic heterocycles. The minimum Gasteiger partial charge on any atom is -0.508 e. The Bertz CT molecular complexity index is 2830. The number of nitrogens with two attached hydrogens (primary N) is 2. The Kier molecular flexibility index (Phi) is 24.7. The highest BCUT2D eigenvalue weighted by Crippen LogP contribution is 2.23. The lowest BCUT2D eigenvalue weighted by Gasteiger charge is -2.27. The van der Waals surface area contributed by atoms with Gasteiger partial charge in [-0.1, -0.05) is 86.6 Å². The third-order valence-corrected chi connectivity index (χ3v) is 12.6. The predicted octanol–water partition coefficient (Wildman–Crippen LogP) is -1.40. The fourth-order valence-electron chi connectivity index (χ4n) is 8.02. The van der Waals surface area contributed by atoms with Crippen molar-refractivity contribution >= 4 is 59.3 Å². The average Bonchev–Trinajstić information content (AvgIpc) is 3.42. The molecule has 0 fully saturated rings. The van der Waals surface area contributed by atoms with Gasteiger partial charge < -0.3 is 84.4 Å². The normalized spacial score (nSPS) is 14.4. The summed E-state index contributed by atoms with van der Waals surface area (Å²) in [6.45, 7) is 2.56. The second-order valence-electron chi connectivity index (χ2n) is 19.5. The molecule has 0 spiro atoms. The van der Waals surface area contributed by atoms with Crippen LogP contribution < -0.4 is 48.7 Å². The van der Waals surface area contributed by atoms with Crippen molar-refractivity contribution in [3.8, 4) is 22.6 Å². The standard InChI is InChI=1S/C55H69N9O17/c1-28(2)22-42(54(78)79)62-47(71)29(3)58-52(76)43(26-65)63-51(75)41(25-32-8-18-37(68)19-9-32)61-49(73)39(20-21-45(69)70)59-53(77)44(27-66)64-50(74)40(24-31-6-16-36(67)17-7-31)60-48(72)38(56)23-30-4-10-33(11-5-30)34-12-14-35(15-13-34)46(57)55(80)81/h4-19,28-29,38-44,46,65-68H,20-27,56-57H2,1-3H3,(H,58,76)(H,59,77)(H,60,72)(H,61,73)(H,62,71)(H,63,75)(H,64,74)(H,69,70)(H,78,79)(H,80,81)/t29-,38-,39-,40-,41-,42-,43-,44-,46?/m1/s1. The topological polar surface area (TPSA) is 449 Å². The fraction of sp³-hybridized carbons (Fsp3) is 0.382. The number of benzene rings is 4. The lowest BCUT2D eigenvalue weighted by molar-refractivity contribution is -0.142. The molecule has 18 N–H and O–H groups in total. The van der Waals surface area contributed by atoms with E-state index in [1.54, 1.807) is 62.4 Å². The van der Waals surface area contributed by atoms with E-state index in [0.29, 0.717) is 22.3 Å². The minimum absolute atomic E-state index is 0.0155. The molecule has 0 aliphatic carbocycles. The van der Waals surface area contributed by atoms with Gasteiger partial charge in [-0.05, 0) is 89.8 Å². The molecular formula is C55H69N9O17. The highest BCUT2D eigenvalue weighted by atomic mass is 16.4. The van der Waals surface area contributed by atoms with Gasteiger partial charge in [0.15, 0.2) is 0 Å². The number of amides is 7. The number of carboxylic acid groups (broad SMARTS) is 3. The molecule has 436 valence electrons. The molecule has 81 heavy (non-hydrogen) atoms. The summed E-state index contributed by atoms with van der Waals surface area (Å²) in [5, 5.41) is 85.2. The number of aliphatic carboxylic acids is 3. The van der Waals surface area contributed by atoms with Crippen molar-refractivity contribution in [2.45, 2.75) is 114 Å². The summed E-state index contributed by atoms with van der Waals surface area (Å²) in [6, 6.07) is 10.8. The summed E-state index contributed by atoms with van der Waals surface area (Å²) in [6.07, 6.45) is -1.91. The second-order valence-corrected chi connectivity index (χ2v) is 19.5. The van der Waals surface area contributed by atoms with E-state index in [-0.39, 0.29) is 43.1 Å². The molecule has 7 amide bonds. The SMILES string of the molecule is CC(C)C[C@@H](NC(=O)[C@@H](C)NC(=O)[C@@H](CO)NC(=O)[C@@H](Cc1ccc(O)cc1)NC(=O)[C@@H](CCC(=O)O)NC(=O)[C@@H](CO)NC(=O)[C@@H](Cc1ccc(O)cc1)NC(=O)[C@H](N)Cc1ccc(-c2ccc(C(N)C(=O)O)cc2)cc1)C(=O)O. The number of hydrogen-bond acceptors (Lipinski definition) is 16. The van der Waals surface area contributed by atoms with Crippen LogP contribution in [-0.2, 0) is 67.2 Å². The number of carbonyl (C=O) groups excluding carboxylic acids is 7. The largest absolute Gasteiger partial charge is 0.508 e. The molecule has 9 atom stereocenters. The highest BCUT2D eigenvalue weighted by Gasteiger charge is 2.34. The average molecular weight is 1130 g/mol. The second kappa shape index (κ2) is 31.0. The number of nitrogens with one attached hydrogen (secondary N) is 7. The van der Waals surface area contributed by atoms with Gasteiger partial charge in [-0.25, -0.2) is 4.79 Å². The number of aliphatic hydroxyl groups excluding tert-OH is 2. The van der Waals surface area contributed by atoms with Crippen molar-refractivity contribution in [1.82, 2.24) is 37.2 Å². The number of carbonyl (C=O) groups is 10. The molecule has 4 aromatic rings. The molecule has 0 bridgehead atoms. The van der Waals surface area contributed by atoms with Crippen molar-refractivity contribution in [3.63, 3.8) is 0 Å². The van der Waals surface area contributed by atoms with Crippen molar-refractivity contribution in [2.75, 3.05) is 13.2 Å². The van der Waals surface area contributed by atoms with Crippen LogP contribution in [0.3, 0.4) is 0 Å². The first-order valence-corrected chi connectivity index (χ1v) is 25.6. The first-order valence-electron chi connectivity index (χ1n) is 25.6. The van der Waals surface area contributed by atoms with Crippen LogP contribution >= 0.6 is 0 Å². The van der Waals surface area contributed by atoms with Gasteiger partial charge in [0, 0.05) is 19.3 Å². The summed E-state index contributed by atoms with van der Waals surface area (Å²) in [7, 11) is 0. The summed E-state index contributed by atoms with van der Waals surface area (Å²) >= 11 is 0. The third-order valence-electron chi connectivity index (χ3n) is 12.6. The van der Waals surface area contributed by atoms with E-state index in [2.05, 4.69) is 37.2 Å². The van der Waals surface area contributed by atoms with E-state index in [9.17, 15) is 83.7 Å². The van der Waals surface area contributed by atoms with Gasteiger partial charge in [-0.15, -0.1) is 0 Å². The van der Waals surface area contributed by atoms with Crippen molar-refractivity contribution in [1.29, 1.82) is 0 Å². The zero-order valence-corrected chi connectivity index (χ0v) is 44.5. The van der Waals surface area contributed by atoms with E-state index < -0.39 is 140 Å². The third kappa shape index (κ3) is 20.6. The maximum Gasteiger partial charge on any atom is 0.326 e. The van der Waals surface area contributed by atoms with Gasteiger partial charge in [-0.2, -0.15) is 0 Å². The zero-order valence-electron chi connectivity index (χ0n) is 44.5. The van der Waals surface area contributed by atoms with Crippen LogP contribution in [0.1, 0.15) is 68.3 Å². The van der Waals surface area contributed by atoms with Gasteiger partial charge in [0.2, 0.25) is 41.4 Å². The van der Waals surface area contributed by atoms with Crippen LogP contribution in [0.25, 0.3) is 11.1 Å². The summed E-state index contributed by atoms with van der Waals surface area (Å²) in [5.41, 5.74) is 15.3. The number of phenols is 2. The van der Waals surface area contributed by atoms with Crippen LogP contribution in [-0.4, -0.2) is 157 Å². The quantitative estimate of drug-likeness (QED) is 0.0275. The molecule has 1 unspecified atom stereocenters. The Balaban J connectivity index is 1.50. The molecule has 26 heteroatoms. The molecule has 0 radical (unpaired) electrons. The van der Waals surface area contributed by atoms with Gasteiger partial charge in [0.25, 0.3) is 0 Å². The van der Waals surface area contributed by atoms with Crippen molar-refractivity contribution in [3.05, 3.63) is 119 Å². The van der Waals surface area contributed by atoms with Gasteiger partial charge in [0.1, 0.15) is 59.8 Å². The van der Waals surface area contributed by atoms with Crippen LogP contribution in [0, 0.1) is 5.92 Å². The van der Waals surface area contributed by atoms with Gasteiger partial charge in [0.05, 0.1) is 19.3 Å².